The second kappa shape index (κ2) is 6.98. The first-order valence-electron chi connectivity index (χ1n) is 7.37. The molecule has 0 fully saturated rings. The molecule has 1 heterocycles. The minimum absolute atomic E-state index is 0.143. The van der Waals surface area contributed by atoms with Crippen LogP contribution in [0.15, 0.2) is 64.1 Å². The molecule has 0 amide bonds. The summed E-state index contributed by atoms with van der Waals surface area (Å²) >= 11 is 2.94. The smallest absolute Gasteiger partial charge is 0.256 e. The van der Waals surface area contributed by atoms with Gasteiger partial charge in [-0.2, -0.15) is 13.2 Å². The lowest BCUT2D eigenvalue weighted by Gasteiger charge is -2.15. The molecule has 0 radical (unpaired) electrons. The minimum atomic E-state index is -4.79. The molecule has 0 spiro atoms. The molecule has 3 rings (SSSR count). The molecule has 0 unspecified atom stereocenters. The van der Waals surface area contributed by atoms with E-state index in [1.165, 1.54) is 12.3 Å². The largest absolute Gasteiger partial charge is 0.417 e. The monoisotopic (exact) mass is 444 g/mol. The van der Waals surface area contributed by atoms with Gasteiger partial charge in [-0.15, -0.1) is 0 Å². The van der Waals surface area contributed by atoms with Crippen molar-refractivity contribution in [2.75, 3.05) is 0 Å². The topological polar surface area (TPSA) is 59.1 Å². The lowest BCUT2D eigenvalue weighted by molar-refractivity contribution is -0.139. The molecule has 0 saturated heterocycles. The summed E-state index contributed by atoms with van der Waals surface area (Å²) in [5, 5.41) is 0.726. The van der Waals surface area contributed by atoms with Gasteiger partial charge in [-0.05, 0) is 35.9 Å². The second-order valence-electron chi connectivity index (χ2n) is 5.45. The Morgan fingerprint density at radius 2 is 1.81 bits per heavy atom. The molecule has 136 valence electrons. The number of alkyl halides is 3. The van der Waals surface area contributed by atoms with Crippen LogP contribution in [-0.4, -0.2) is 13.4 Å². The van der Waals surface area contributed by atoms with Crippen molar-refractivity contribution in [3.63, 3.8) is 0 Å². The number of hydrogen-bond acceptors (Lipinski definition) is 3. The molecule has 2 aromatic carbocycles. The number of nitrogens with one attached hydrogen (secondary N) is 1. The van der Waals surface area contributed by atoms with Crippen molar-refractivity contribution in [2.24, 2.45) is 0 Å². The third-order valence-electron chi connectivity index (χ3n) is 3.73. The number of halogens is 4. The van der Waals surface area contributed by atoms with Crippen molar-refractivity contribution in [2.45, 2.75) is 17.6 Å². The maximum absolute atomic E-state index is 13.2. The maximum Gasteiger partial charge on any atom is 0.417 e. The zero-order valence-corrected chi connectivity index (χ0v) is 15.5. The maximum atomic E-state index is 13.2. The average Bonchev–Trinajstić information content (AvgIpc) is 2.59. The van der Waals surface area contributed by atoms with E-state index in [0.29, 0.717) is 11.1 Å². The van der Waals surface area contributed by atoms with Gasteiger partial charge in [0.1, 0.15) is 0 Å². The van der Waals surface area contributed by atoms with Gasteiger partial charge in [0.25, 0.3) is 0 Å². The predicted octanol–water partition coefficient (Wildman–Crippen LogP) is 4.49. The van der Waals surface area contributed by atoms with Gasteiger partial charge < -0.3 is 0 Å². The van der Waals surface area contributed by atoms with Gasteiger partial charge in [0, 0.05) is 22.6 Å². The molecule has 0 aliphatic heterocycles. The molecule has 26 heavy (non-hydrogen) atoms. The summed E-state index contributed by atoms with van der Waals surface area (Å²) in [6.45, 7) is -0.154. The minimum Gasteiger partial charge on any atom is -0.256 e. The number of benzene rings is 2. The summed E-state index contributed by atoms with van der Waals surface area (Å²) in [6.07, 6.45) is -3.27. The zero-order chi connectivity index (χ0) is 18.9. The van der Waals surface area contributed by atoms with Crippen LogP contribution in [0.5, 0.6) is 0 Å². The van der Waals surface area contributed by atoms with Crippen LogP contribution in [0.25, 0.3) is 10.9 Å². The van der Waals surface area contributed by atoms with E-state index in [2.05, 4.69) is 25.6 Å². The fraction of sp³-hybridized carbons (Fsp3) is 0.118. The normalized spacial score (nSPS) is 12.5. The number of nitrogens with zero attached hydrogens (tertiary/aromatic N) is 1. The Kier molecular flexibility index (Phi) is 5.05. The van der Waals surface area contributed by atoms with Crippen LogP contribution in [0.3, 0.4) is 0 Å². The first-order chi connectivity index (χ1) is 12.2. The van der Waals surface area contributed by atoms with Crippen molar-refractivity contribution in [1.82, 2.24) is 9.71 Å². The second-order valence-corrected chi connectivity index (χ2v) is 8.10. The Hall–Kier alpha value is -1.97. The van der Waals surface area contributed by atoms with Gasteiger partial charge in [0.2, 0.25) is 10.0 Å². The molecule has 0 atom stereocenters. The van der Waals surface area contributed by atoms with Crippen molar-refractivity contribution in [3.05, 3.63) is 70.3 Å². The Labute approximate surface area is 156 Å². The first kappa shape index (κ1) is 18.8. The van der Waals surface area contributed by atoms with E-state index in [-0.39, 0.29) is 11.0 Å². The van der Waals surface area contributed by atoms with E-state index in [1.54, 1.807) is 30.3 Å². The van der Waals surface area contributed by atoms with Crippen LogP contribution in [0, 0.1) is 0 Å². The zero-order valence-electron chi connectivity index (χ0n) is 13.1. The van der Waals surface area contributed by atoms with Crippen molar-refractivity contribution in [1.29, 1.82) is 0 Å². The standard InChI is InChI=1S/C17H12BrF3N2O2S/c18-12-5-6-16(14(9-12)17(19,20)21)26(24,25)23-10-11-7-8-22-15-4-2-1-3-13(11)15/h1-9,23H,10H2. The van der Waals surface area contributed by atoms with Gasteiger partial charge in [-0.3, -0.25) is 4.98 Å². The molecule has 4 nitrogen and oxygen atoms in total. The Bertz CT molecular complexity index is 1060. The Balaban J connectivity index is 1.95. The van der Waals surface area contributed by atoms with E-state index in [4.69, 9.17) is 0 Å². The highest BCUT2D eigenvalue weighted by molar-refractivity contribution is 9.10. The van der Waals surface area contributed by atoms with E-state index in [0.717, 1.165) is 17.5 Å². The molecular weight excluding hydrogens is 433 g/mol. The molecule has 3 aromatic rings. The van der Waals surface area contributed by atoms with Crippen LogP contribution in [-0.2, 0) is 22.7 Å². The highest BCUT2D eigenvalue weighted by Crippen LogP contribution is 2.36. The highest BCUT2D eigenvalue weighted by Gasteiger charge is 2.37. The van der Waals surface area contributed by atoms with Gasteiger partial charge >= 0.3 is 6.18 Å². The number of hydrogen-bond donors (Lipinski definition) is 1. The van der Waals surface area contributed by atoms with Gasteiger partial charge in [-0.1, -0.05) is 34.1 Å². The van der Waals surface area contributed by atoms with E-state index in [9.17, 15) is 21.6 Å². The molecular formula is C17H12BrF3N2O2S. The molecule has 0 bridgehead atoms. The van der Waals surface area contributed by atoms with Crippen LogP contribution in [0.4, 0.5) is 13.2 Å². The summed E-state index contributed by atoms with van der Waals surface area (Å²) in [5.41, 5.74) is 0.0626. The lowest BCUT2D eigenvalue weighted by Crippen LogP contribution is -2.26. The van der Waals surface area contributed by atoms with Crippen LogP contribution >= 0.6 is 15.9 Å². The van der Waals surface area contributed by atoms with Gasteiger partial charge in [-0.25, -0.2) is 13.1 Å². The lowest BCUT2D eigenvalue weighted by atomic mass is 10.1. The summed E-state index contributed by atoms with van der Waals surface area (Å²) in [6, 6.07) is 11.7. The number of fused-ring (bicyclic) bond motifs is 1. The van der Waals surface area contributed by atoms with E-state index >= 15 is 0 Å². The molecule has 1 N–H and O–H groups in total. The third kappa shape index (κ3) is 3.89. The third-order valence-corrected chi connectivity index (χ3v) is 5.68. The fourth-order valence-corrected chi connectivity index (χ4v) is 4.09. The van der Waals surface area contributed by atoms with E-state index in [1.807, 2.05) is 0 Å². The quantitative estimate of drug-likeness (QED) is 0.644. The van der Waals surface area contributed by atoms with Crippen LogP contribution in [0.2, 0.25) is 0 Å². The Morgan fingerprint density at radius 1 is 1.08 bits per heavy atom. The van der Waals surface area contributed by atoms with Crippen molar-refractivity contribution < 1.29 is 21.6 Å². The molecule has 0 aliphatic rings. The number of pyridine rings is 1. The fourth-order valence-electron chi connectivity index (χ4n) is 2.52. The molecule has 1 aromatic heterocycles. The molecule has 9 heteroatoms. The van der Waals surface area contributed by atoms with Gasteiger partial charge in [0.15, 0.2) is 0 Å². The summed E-state index contributed by atoms with van der Waals surface area (Å²) in [5.74, 6) is 0. The van der Waals surface area contributed by atoms with Crippen LogP contribution in [0.1, 0.15) is 11.1 Å². The SMILES string of the molecule is O=S(=O)(NCc1ccnc2ccccc12)c1ccc(Br)cc1C(F)(F)F. The number of rotatable bonds is 4. The summed E-state index contributed by atoms with van der Waals surface area (Å²) in [7, 11) is -4.37. The molecule has 0 saturated carbocycles. The number of sulfonamides is 1. The predicted molar refractivity (Wildman–Crippen MR) is 94.9 cm³/mol. The average molecular weight is 445 g/mol. The van der Waals surface area contributed by atoms with E-state index < -0.39 is 26.7 Å². The molecule has 0 aliphatic carbocycles. The van der Waals surface area contributed by atoms with Crippen molar-refractivity contribution >= 4 is 36.9 Å². The number of aromatic nitrogens is 1. The van der Waals surface area contributed by atoms with Gasteiger partial charge in [0.05, 0.1) is 16.0 Å². The van der Waals surface area contributed by atoms with Crippen LogP contribution < -0.4 is 4.72 Å². The summed E-state index contributed by atoms with van der Waals surface area (Å²) in [4.78, 5) is 3.36. The number of para-hydroxylation sites is 1. The highest BCUT2D eigenvalue weighted by atomic mass is 79.9. The Morgan fingerprint density at radius 3 is 2.54 bits per heavy atom. The van der Waals surface area contributed by atoms with Crippen molar-refractivity contribution in [3.8, 4) is 0 Å². The first-order valence-corrected chi connectivity index (χ1v) is 9.65. The summed E-state index contributed by atoms with van der Waals surface area (Å²) < 4.78 is 67.0.